The Labute approximate surface area is 179 Å². The Morgan fingerprint density at radius 2 is 1.67 bits per heavy atom. The van der Waals surface area contributed by atoms with Crippen LogP contribution in [0.1, 0.15) is 23.9 Å². The molecule has 30 heavy (non-hydrogen) atoms. The van der Waals surface area contributed by atoms with E-state index in [2.05, 4.69) is 26.9 Å². The van der Waals surface area contributed by atoms with Crippen LogP contribution in [0.5, 0.6) is 5.75 Å². The maximum atomic E-state index is 13.5. The highest BCUT2D eigenvalue weighted by Crippen LogP contribution is 2.27. The summed E-state index contributed by atoms with van der Waals surface area (Å²) in [5.41, 5.74) is 3.04. The van der Waals surface area contributed by atoms with E-state index in [9.17, 15) is 4.39 Å². The fourth-order valence-electron chi connectivity index (χ4n) is 3.18. The summed E-state index contributed by atoms with van der Waals surface area (Å²) in [6.45, 7) is 2.59. The summed E-state index contributed by atoms with van der Waals surface area (Å²) >= 11 is 1.54. The van der Waals surface area contributed by atoms with Crippen LogP contribution in [-0.4, -0.2) is 21.4 Å². The van der Waals surface area contributed by atoms with Crippen LogP contribution in [-0.2, 0) is 12.2 Å². The molecule has 1 heterocycles. The van der Waals surface area contributed by atoms with E-state index in [4.69, 9.17) is 4.74 Å². The van der Waals surface area contributed by atoms with Crippen molar-refractivity contribution in [1.29, 1.82) is 0 Å². The lowest BCUT2D eigenvalue weighted by atomic mass is 10.1. The van der Waals surface area contributed by atoms with Crippen molar-refractivity contribution in [3.05, 3.63) is 102 Å². The van der Waals surface area contributed by atoms with Gasteiger partial charge < -0.3 is 4.74 Å². The predicted molar refractivity (Wildman–Crippen MR) is 118 cm³/mol. The van der Waals surface area contributed by atoms with Gasteiger partial charge in [0.15, 0.2) is 5.16 Å². The van der Waals surface area contributed by atoms with E-state index in [-0.39, 0.29) is 5.82 Å². The number of nitrogens with zero attached hydrogens (tertiary/aromatic N) is 3. The Hall–Kier alpha value is -3.12. The summed E-state index contributed by atoms with van der Waals surface area (Å²) in [5, 5.41) is 9.67. The molecule has 0 atom stereocenters. The van der Waals surface area contributed by atoms with Crippen LogP contribution in [0, 0.1) is 5.82 Å². The van der Waals surface area contributed by atoms with E-state index >= 15 is 0 Å². The Balaban J connectivity index is 1.65. The molecule has 4 rings (SSSR count). The fraction of sp³-hybridized carbons (Fsp3) is 0.167. The van der Waals surface area contributed by atoms with Crippen molar-refractivity contribution >= 4 is 11.8 Å². The highest BCUT2D eigenvalue weighted by atomic mass is 32.2. The molecule has 0 aliphatic carbocycles. The van der Waals surface area contributed by atoms with Crippen LogP contribution in [0.2, 0.25) is 0 Å². The third-order valence-electron chi connectivity index (χ3n) is 4.57. The van der Waals surface area contributed by atoms with Crippen LogP contribution in [0.15, 0.2) is 84.0 Å². The Bertz CT molecular complexity index is 1100. The monoisotopic (exact) mass is 419 g/mol. The topological polar surface area (TPSA) is 39.9 Å². The van der Waals surface area contributed by atoms with Crippen molar-refractivity contribution < 1.29 is 9.13 Å². The molecule has 4 nitrogen and oxygen atoms in total. The molecule has 0 bridgehead atoms. The van der Waals surface area contributed by atoms with Gasteiger partial charge in [-0.3, -0.25) is 4.57 Å². The SMILES string of the molecule is CCOc1ccc(-n2c(Cc3ccccc3)nnc2SCc2cccc(F)c2)cc1. The van der Waals surface area contributed by atoms with E-state index in [0.717, 1.165) is 28.0 Å². The third kappa shape index (κ3) is 4.89. The van der Waals surface area contributed by atoms with E-state index in [0.29, 0.717) is 18.8 Å². The van der Waals surface area contributed by atoms with Gasteiger partial charge in [-0.25, -0.2) is 4.39 Å². The molecule has 152 valence electrons. The lowest BCUT2D eigenvalue weighted by Crippen LogP contribution is -2.04. The molecule has 0 aliphatic rings. The van der Waals surface area contributed by atoms with Gasteiger partial charge in [0, 0.05) is 17.9 Å². The van der Waals surface area contributed by atoms with E-state index < -0.39 is 0 Å². The van der Waals surface area contributed by atoms with Crippen LogP contribution >= 0.6 is 11.8 Å². The first-order chi connectivity index (χ1) is 14.7. The molecule has 0 spiro atoms. The van der Waals surface area contributed by atoms with E-state index in [1.54, 1.807) is 23.9 Å². The summed E-state index contributed by atoms with van der Waals surface area (Å²) in [7, 11) is 0. The second kappa shape index (κ2) is 9.59. The summed E-state index contributed by atoms with van der Waals surface area (Å²) in [5.74, 6) is 2.06. The van der Waals surface area contributed by atoms with Gasteiger partial charge in [-0.1, -0.05) is 54.2 Å². The molecule has 0 fully saturated rings. The number of thioether (sulfide) groups is 1. The van der Waals surface area contributed by atoms with Crippen molar-refractivity contribution in [2.45, 2.75) is 24.3 Å². The van der Waals surface area contributed by atoms with Gasteiger partial charge in [0.05, 0.1) is 6.61 Å². The van der Waals surface area contributed by atoms with E-state index in [1.807, 2.05) is 55.5 Å². The second-order valence-electron chi connectivity index (χ2n) is 6.74. The van der Waals surface area contributed by atoms with Gasteiger partial charge in [0.2, 0.25) is 0 Å². The van der Waals surface area contributed by atoms with Gasteiger partial charge in [-0.05, 0) is 54.4 Å². The van der Waals surface area contributed by atoms with Gasteiger partial charge in [-0.15, -0.1) is 10.2 Å². The zero-order valence-electron chi connectivity index (χ0n) is 16.7. The van der Waals surface area contributed by atoms with Crippen molar-refractivity contribution in [2.75, 3.05) is 6.61 Å². The third-order valence-corrected chi connectivity index (χ3v) is 5.57. The molecular formula is C24H22FN3OS. The Morgan fingerprint density at radius 3 is 2.40 bits per heavy atom. The van der Waals surface area contributed by atoms with Crippen molar-refractivity contribution in [1.82, 2.24) is 14.8 Å². The summed E-state index contributed by atoms with van der Waals surface area (Å²) in [4.78, 5) is 0. The fourth-order valence-corrected chi connectivity index (χ4v) is 4.09. The smallest absolute Gasteiger partial charge is 0.196 e. The molecule has 0 saturated carbocycles. The van der Waals surface area contributed by atoms with Crippen molar-refractivity contribution in [2.24, 2.45) is 0 Å². The quantitative estimate of drug-likeness (QED) is 0.344. The molecule has 0 saturated heterocycles. The average molecular weight is 420 g/mol. The first kappa shape index (κ1) is 20.2. The summed E-state index contributed by atoms with van der Waals surface area (Å²) in [6.07, 6.45) is 0.668. The largest absolute Gasteiger partial charge is 0.494 e. The standard InChI is InChI=1S/C24H22FN3OS/c1-2-29-22-13-11-21(12-14-22)28-23(16-18-7-4-3-5-8-18)26-27-24(28)30-17-19-9-6-10-20(25)15-19/h3-15H,2,16-17H2,1H3. The Morgan fingerprint density at radius 1 is 0.900 bits per heavy atom. The number of rotatable bonds is 8. The number of hydrogen-bond acceptors (Lipinski definition) is 4. The molecule has 3 aromatic carbocycles. The minimum atomic E-state index is -0.231. The lowest BCUT2D eigenvalue weighted by molar-refractivity contribution is 0.340. The van der Waals surface area contributed by atoms with Crippen molar-refractivity contribution in [3.63, 3.8) is 0 Å². The number of hydrogen-bond donors (Lipinski definition) is 0. The number of benzene rings is 3. The zero-order chi connectivity index (χ0) is 20.8. The molecular weight excluding hydrogens is 397 g/mol. The highest BCUT2D eigenvalue weighted by Gasteiger charge is 2.15. The van der Waals surface area contributed by atoms with Gasteiger partial charge in [0.25, 0.3) is 0 Å². The molecule has 4 aromatic rings. The van der Waals surface area contributed by atoms with Crippen LogP contribution in [0.3, 0.4) is 0 Å². The molecule has 0 N–H and O–H groups in total. The van der Waals surface area contributed by atoms with Crippen LogP contribution in [0.4, 0.5) is 4.39 Å². The molecule has 0 amide bonds. The lowest BCUT2D eigenvalue weighted by Gasteiger charge is -2.11. The number of halogens is 1. The van der Waals surface area contributed by atoms with Crippen molar-refractivity contribution in [3.8, 4) is 11.4 Å². The molecule has 0 unspecified atom stereocenters. The van der Waals surface area contributed by atoms with Crippen LogP contribution < -0.4 is 4.74 Å². The highest BCUT2D eigenvalue weighted by molar-refractivity contribution is 7.98. The number of aromatic nitrogens is 3. The average Bonchev–Trinajstić information content (AvgIpc) is 3.16. The first-order valence-corrected chi connectivity index (χ1v) is 10.8. The van der Waals surface area contributed by atoms with Crippen LogP contribution in [0.25, 0.3) is 5.69 Å². The normalized spacial score (nSPS) is 10.9. The second-order valence-corrected chi connectivity index (χ2v) is 7.68. The maximum Gasteiger partial charge on any atom is 0.196 e. The molecule has 1 aromatic heterocycles. The van der Waals surface area contributed by atoms with Gasteiger partial charge in [-0.2, -0.15) is 0 Å². The molecule has 0 aliphatic heterocycles. The summed E-state index contributed by atoms with van der Waals surface area (Å²) < 4.78 is 21.2. The number of ether oxygens (including phenoxy) is 1. The minimum Gasteiger partial charge on any atom is -0.494 e. The molecule has 6 heteroatoms. The van der Waals surface area contributed by atoms with Gasteiger partial charge >= 0.3 is 0 Å². The Kier molecular flexibility index (Phi) is 6.44. The predicted octanol–water partition coefficient (Wildman–Crippen LogP) is 5.69. The maximum absolute atomic E-state index is 13.5. The summed E-state index contributed by atoms with van der Waals surface area (Å²) in [6, 6.07) is 24.8. The first-order valence-electron chi connectivity index (χ1n) is 9.81. The van der Waals surface area contributed by atoms with E-state index in [1.165, 1.54) is 11.6 Å². The zero-order valence-corrected chi connectivity index (χ0v) is 17.5. The molecule has 0 radical (unpaired) electrons. The van der Waals surface area contributed by atoms with Gasteiger partial charge in [0.1, 0.15) is 17.4 Å². The minimum absolute atomic E-state index is 0.231.